The van der Waals surface area contributed by atoms with Crippen molar-refractivity contribution in [2.75, 3.05) is 0 Å². The molecule has 6 nitrogen and oxygen atoms in total. The quantitative estimate of drug-likeness (QED) is 0.839. The number of thioether (sulfide) groups is 1. The summed E-state index contributed by atoms with van der Waals surface area (Å²) in [6.45, 7) is 0. The van der Waals surface area contributed by atoms with Gasteiger partial charge in [-0.25, -0.2) is 0 Å². The molecule has 0 radical (unpaired) electrons. The highest BCUT2D eigenvalue weighted by Gasteiger charge is 2.41. The molecule has 1 aromatic carbocycles. The number of fused-ring (bicyclic) bond motifs is 2. The van der Waals surface area contributed by atoms with Crippen molar-refractivity contribution in [3.63, 3.8) is 0 Å². The Balaban J connectivity index is 1.22. The monoisotopic (exact) mass is 402 g/mol. The molecule has 0 spiro atoms. The number of hydrogen-bond donors (Lipinski definition) is 1. The molecule has 1 N–H and O–H groups in total. The van der Waals surface area contributed by atoms with E-state index in [0.717, 1.165) is 17.0 Å². The van der Waals surface area contributed by atoms with Gasteiger partial charge in [0.25, 0.3) is 5.91 Å². The van der Waals surface area contributed by atoms with Crippen molar-refractivity contribution in [1.82, 2.24) is 15.5 Å². The number of aliphatic imine (C=N–C) groups is 1. The fraction of sp³-hybridized carbons (Fsp3) is 0.474. The molecule has 2 bridgehead atoms. The number of nitrogens with one attached hydrogen (secondary N) is 1. The van der Waals surface area contributed by atoms with Gasteiger partial charge in [0, 0.05) is 12.5 Å². The SMILES string of the molecule is O=C1N=C(NC2CC3CCC2C3)SC1Cc1nnc(-c2ccccc2Cl)o1. The van der Waals surface area contributed by atoms with E-state index in [0.29, 0.717) is 34.8 Å². The number of carbonyl (C=O) groups is 1. The van der Waals surface area contributed by atoms with Crippen molar-refractivity contribution >= 4 is 34.4 Å². The van der Waals surface area contributed by atoms with E-state index in [2.05, 4.69) is 20.5 Å². The number of halogens is 1. The summed E-state index contributed by atoms with van der Waals surface area (Å²) in [5, 5.41) is 12.6. The summed E-state index contributed by atoms with van der Waals surface area (Å²) in [7, 11) is 0. The van der Waals surface area contributed by atoms with Crippen LogP contribution in [0.15, 0.2) is 33.7 Å². The van der Waals surface area contributed by atoms with Crippen LogP contribution < -0.4 is 5.32 Å². The molecule has 2 saturated carbocycles. The maximum absolute atomic E-state index is 12.3. The third kappa shape index (κ3) is 3.38. The predicted molar refractivity (Wildman–Crippen MR) is 105 cm³/mol. The Kier molecular flexibility index (Phi) is 4.44. The summed E-state index contributed by atoms with van der Waals surface area (Å²) in [5.74, 6) is 2.25. The van der Waals surface area contributed by atoms with Crippen LogP contribution in [0.3, 0.4) is 0 Å². The highest BCUT2D eigenvalue weighted by molar-refractivity contribution is 8.15. The molecule has 3 aliphatic rings. The molecule has 2 fully saturated rings. The Labute approximate surface area is 166 Å². The van der Waals surface area contributed by atoms with Crippen LogP contribution in [0.2, 0.25) is 5.02 Å². The number of nitrogens with zero attached hydrogens (tertiary/aromatic N) is 3. The number of hydrogen-bond acceptors (Lipinski definition) is 6. The molecular weight excluding hydrogens is 384 g/mol. The number of rotatable bonds is 4. The van der Waals surface area contributed by atoms with Gasteiger partial charge in [-0.15, -0.1) is 10.2 Å². The van der Waals surface area contributed by atoms with E-state index in [4.69, 9.17) is 16.0 Å². The maximum atomic E-state index is 12.3. The van der Waals surface area contributed by atoms with Gasteiger partial charge in [0.1, 0.15) is 5.25 Å². The van der Waals surface area contributed by atoms with E-state index in [1.165, 1.54) is 37.4 Å². The lowest BCUT2D eigenvalue weighted by Crippen LogP contribution is -2.36. The number of amidine groups is 1. The minimum absolute atomic E-state index is 0.136. The molecule has 1 aromatic heterocycles. The standard InChI is InChI=1S/C19H19ClN4O2S/c20-13-4-2-1-3-12(13)18-24-23-16(26-18)9-15-17(25)22-19(27-15)21-14-8-10-5-6-11(14)7-10/h1-4,10-11,14-15H,5-9H2,(H,21,22,25). The summed E-state index contributed by atoms with van der Waals surface area (Å²) in [6.07, 6.45) is 5.54. The van der Waals surface area contributed by atoms with E-state index in [9.17, 15) is 4.79 Å². The fourth-order valence-electron chi connectivity index (χ4n) is 4.40. The van der Waals surface area contributed by atoms with Gasteiger partial charge in [-0.2, -0.15) is 4.99 Å². The molecule has 1 amide bonds. The molecule has 140 valence electrons. The lowest BCUT2D eigenvalue weighted by atomic mass is 9.96. The Bertz CT molecular complexity index is 915. The van der Waals surface area contributed by atoms with Crippen LogP contribution in [0.1, 0.15) is 31.6 Å². The van der Waals surface area contributed by atoms with Crippen LogP contribution in [0, 0.1) is 11.8 Å². The number of amides is 1. The Morgan fingerprint density at radius 2 is 2.11 bits per heavy atom. The fourth-order valence-corrected chi connectivity index (χ4v) is 5.62. The average Bonchev–Trinajstić information content (AvgIpc) is 3.42. The van der Waals surface area contributed by atoms with Gasteiger partial charge in [-0.1, -0.05) is 41.9 Å². The lowest BCUT2D eigenvalue weighted by Gasteiger charge is -2.23. The maximum Gasteiger partial charge on any atom is 0.262 e. The Morgan fingerprint density at radius 3 is 2.89 bits per heavy atom. The summed E-state index contributed by atoms with van der Waals surface area (Å²) < 4.78 is 5.73. The van der Waals surface area contributed by atoms with Crippen LogP contribution in [-0.4, -0.2) is 32.6 Å². The second-order valence-electron chi connectivity index (χ2n) is 7.47. The molecule has 1 aliphatic heterocycles. The van der Waals surface area contributed by atoms with Crippen LogP contribution in [0.4, 0.5) is 0 Å². The van der Waals surface area contributed by atoms with Gasteiger partial charge in [0.15, 0.2) is 5.17 Å². The Hall–Kier alpha value is -1.86. The number of carbonyl (C=O) groups excluding carboxylic acids is 1. The molecular formula is C19H19ClN4O2S. The third-order valence-electron chi connectivity index (χ3n) is 5.72. The van der Waals surface area contributed by atoms with Crippen LogP contribution in [0.25, 0.3) is 11.5 Å². The minimum atomic E-state index is -0.314. The molecule has 4 atom stereocenters. The van der Waals surface area contributed by atoms with Crippen molar-refractivity contribution < 1.29 is 9.21 Å². The first kappa shape index (κ1) is 17.3. The second-order valence-corrected chi connectivity index (χ2v) is 9.07. The summed E-state index contributed by atoms with van der Waals surface area (Å²) >= 11 is 7.65. The molecule has 2 heterocycles. The third-order valence-corrected chi connectivity index (χ3v) is 7.13. The second kappa shape index (κ2) is 6.95. The molecule has 2 aromatic rings. The summed E-state index contributed by atoms with van der Waals surface area (Å²) in [4.78, 5) is 16.5. The van der Waals surface area contributed by atoms with Crippen molar-refractivity contribution in [2.45, 2.75) is 43.4 Å². The van der Waals surface area contributed by atoms with Gasteiger partial charge in [-0.05, 0) is 43.2 Å². The van der Waals surface area contributed by atoms with Crippen LogP contribution in [0.5, 0.6) is 0 Å². The molecule has 0 saturated heterocycles. The average molecular weight is 403 g/mol. The van der Waals surface area contributed by atoms with Crippen molar-refractivity contribution in [2.24, 2.45) is 16.8 Å². The van der Waals surface area contributed by atoms with E-state index in [1.807, 2.05) is 18.2 Å². The smallest absolute Gasteiger partial charge is 0.262 e. The first-order chi connectivity index (χ1) is 13.2. The molecule has 5 rings (SSSR count). The first-order valence-corrected chi connectivity index (χ1v) is 10.5. The van der Waals surface area contributed by atoms with Gasteiger partial charge in [-0.3, -0.25) is 4.79 Å². The van der Waals surface area contributed by atoms with Gasteiger partial charge in [0.05, 0.1) is 10.6 Å². The van der Waals surface area contributed by atoms with E-state index < -0.39 is 0 Å². The molecule has 4 unspecified atom stereocenters. The van der Waals surface area contributed by atoms with E-state index >= 15 is 0 Å². The predicted octanol–water partition coefficient (Wildman–Crippen LogP) is 3.71. The summed E-state index contributed by atoms with van der Waals surface area (Å²) in [6, 6.07) is 7.78. The number of benzene rings is 1. The van der Waals surface area contributed by atoms with E-state index in [1.54, 1.807) is 6.07 Å². The first-order valence-electron chi connectivity index (χ1n) is 9.28. The Morgan fingerprint density at radius 1 is 1.22 bits per heavy atom. The lowest BCUT2D eigenvalue weighted by molar-refractivity contribution is -0.117. The normalized spacial score (nSPS) is 29.4. The van der Waals surface area contributed by atoms with Gasteiger partial charge in [0.2, 0.25) is 11.8 Å². The highest BCUT2D eigenvalue weighted by atomic mass is 35.5. The van der Waals surface area contributed by atoms with Gasteiger partial charge >= 0.3 is 0 Å². The minimum Gasteiger partial charge on any atom is -0.421 e. The molecule has 2 aliphatic carbocycles. The molecule has 27 heavy (non-hydrogen) atoms. The highest BCUT2D eigenvalue weighted by Crippen LogP contribution is 2.45. The largest absolute Gasteiger partial charge is 0.421 e. The van der Waals surface area contributed by atoms with Crippen molar-refractivity contribution in [3.05, 3.63) is 35.2 Å². The zero-order valence-electron chi connectivity index (χ0n) is 14.6. The van der Waals surface area contributed by atoms with Crippen LogP contribution >= 0.6 is 23.4 Å². The zero-order chi connectivity index (χ0) is 18.4. The van der Waals surface area contributed by atoms with Crippen LogP contribution in [-0.2, 0) is 11.2 Å². The summed E-state index contributed by atoms with van der Waals surface area (Å²) in [5.41, 5.74) is 0.693. The van der Waals surface area contributed by atoms with Crippen molar-refractivity contribution in [1.29, 1.82) is 0 Å². The molecule has 8 heteroatoms. The van der Waals surface area contributed by atoms with Gasteiger partial charge < -0.3 is 9.73 Å². The topological polar surface area (TPSA) is 80.4 Å². The van der Waals surface area contributed by atoms with E-state index in [-0.39, 0.29) is 11.2 Å². The zero-order valence-corrected chi connectivity index (χ0v) is 16.2. The number of aromatic nitrogens is 2. The van der Waals surface area contributed by atoms with Crippen molar-refractivity contribution in [3.8, 4) is 11.5 Å².